The highest BCUT2D eigenvalue weighted by molar-refractivity contribution is 5.93. The number of nitrogens with zero attached hydrogens (tertiary/aromatic N) is 1. The van der Waals surface area contributed by atoms with Crippen LogP contribution in [-0.4, -0.2) is 23.0 Å². The van der Waals surface area contributed by atoms with Crippen LogP contribution in [0.3, 0.4) is 0 Å². The van der Waals surface area contributed by atoms with Crippen LogP contribution in [0.2, 0.25) is 0 Å². The molecule has 1 N–H and O–H groups in total. The maximum absolute atomic E-state index is 12.2. The number of H-pyrrole nitrogens is 1. The van der Waals surface area contributed by atoms with E-state index < -0.39 is 0 Å². The van der Waals surface area contributed by atoms with Gasteiger partial charge in [-0.05, 0) is 40.5 Å². The Kier molecular flexibility index (Phi) is 5.30. The summed E-state index contributed by atoms with van der Waals surface area (Å²) in [6, 6.07) is 23.7. The molecule has 0 spiro atoms. The molecular weight excluding hydrogens is 400 g/mol. The Balaban J connectivity index is 1.56. The van der Waals surface area contributed by atoms with Gasteiger partial charge in [0.1, 0.15) is 18.2 Å². The Morgan fingerprint density at radius 2 is 1.88 bits per heavy atom. The number of aromatic amines is 1. The molecule has 32 heavy (non-hydrogen) atoms. The SMILES string of the molecule is COC(=O)c1ccc2c(c1)/C(=C/Cc1ncc(-c3ccccc3)[nH]1)c1ccccc1CO2. The summed E-state index contributed by atoms with van der Waals surface area (Å²) in [5.41, 5.74) is 6.63. The van der Waals surface area contributed by atoms with Gasteiger partial charge in [-0.1, -0.05) is 60.7 Å². The van der Waals surface area contributed by atoms with Crippen LogP contribution in [0.25, 0.3) is 16.8 Å². The largest absolute Gasteiger partial charge is 0.488 e. The van der Waals surface area contributed by atoms with E-state index in [2.05, 4.69) is 40.3 Å². The first kappa shape index (κ1) is 19.8. The molecule has 1 aliphatic rings. The zero-order valence-corrected chi connectivity index (χ0v) is 17.7. The molecule has 0 radical (unpaired) electrons. The van der Waals surface area contributed by atoms with Crippen LogP contribution in [0.15, 0.2) is 85.1 Å². The minimum Gasteiger partial charge on any atom is -0.488 e. The van der Waals surface area contributed by atoms with Gasteiger partial charge in [0.15, 0.2) is 0 Å². The van der Waals surface area contributed by atoms with Gasteiger partial charge in [0, 0.05) is 12.0 Å². The van der Waals surface area contributed by atoms with Crippen molar-refractivity contribution >= 4 is 11.5 Å². The third kappa shape index (κ3) is 3.81. The lowest BCUT2D eigenvalue weighted by atomic mass is 9.92. The van der Waals surface area contributed by atoms with E-state index in [9.17, 15) is 4.79 Å². The summed E-state index contributed by atoms with van der Waals surface area (Å²) >= 11 is 0. The third-order valence-electron chi connectivity index (χ3n) is 5.59. The molecule has 5 heteroatoms. The number of benzene rings is 3. The fourth-order valence-corrected chi connectivity index (χ4v) is 3.97. The molecule has 1 aromatic heterocycles. The normalized spacial score (nSPS) is 13.6. The first-order valence-electron chi connectivity index (χ1n) is 10.5. The Labute approximate surface area is 186 Å². The van der Waals surface area contributed by atoms with Gasteiger partial charge in [-0.3, -0.25) is 0 Å². The predicted molar refractivity (Wildman–Crippen MR) is 123 cm³/mol. The summed E-state index contributed by atoms with van der Waals surface area (Å²) in [6.07, 6.45) is 4.61. The number of ether oxygens (including phenoxy) is 2. The topological polar surface area (TPSA) is 64.2 Å². The van der Waals surface area contributed by atoms with Gasteiger partial charge in [-0.25, -0.2) is 9.78 Å². The number of nitrogens with one attached hydrogen (secondary N) is 1. The lowest BCUT2D eigenvalue weighted by Crippen LogP contribution is -2.03. The van der Waals surface area contributed by atoms with Crippen molar-refractivity contribution in [3.8, 4) is 17.0 Å². The second-order valence-electron chi connectivity index (χ2n) is 7.58. The van der Waals surface area contributed by atoms with Gasteiger partial charge in [-0.2, -0.15) is 0 Å². The van der Waals surface area contributed by atoms with Crippen LogP contribution in [-0.2, 0) is 17.8 Å². The van der Waals surface area contributed by atoms with E-state index in [4.69, 9.17) is 9.47 Å². The quantitative estimate of drug-likeness (QED) is 0.446. The number of imidazole rings is 1. The number of hydrogen-bond acceptors (Lipinski definition) is 4. The lowest BCUT2D eigenvalue weighted by Gasteiger charge is -2.12. The van der Waals surface area contributed by atoms with E-state index >= 15 is 0 Å². The number of methoxy groups -OCH3 is 1. The molecule has 0 aliphatic carbocycles. The highest BCUT2D eigenvalue weighted by Crippen LogP contribution is 2.37. The number of aromatic nitrogens is 2. The maximum atomic E-state index is 12.2. The third-order valence-corrected chi connectivity index (χ3v) is 5.59. The molecule has 0 fully saturated rings. The van der Waals surface area contributed by atoms with Crippen molar-refractivity contribution in [1.82, 2.24) is 9.97 Å². The number of esters is 1. The van der Waals surface area contributed by atoms with Crippen molar-refractivity contribution < 1.29 is 14.3 Å². The minimum absolute atomic E-state index is 0.372. The summed E-state index contributed by atoms with van der Waals surface area (Å²) in [7, 11) is 1.39. The van der Waals surface area contributed by atoms with Crippen molar-refractivity contribution in [2.45, 2.75) is 13.0 Å². The number of fused-ring (bicyclic) bond motifs is 2. The minimum atomic E-state index is -0.372. The van der Waals surface area contributed by atoms with E-state index in [1.54, 1.807) is 6.07 Å². The second-order valence-corrected chi connectivity index (χ2v) is 7.58. The predicted octanol–water partition coefficient (Wildman–Crippen LogP) is 5.43. The van der Waals surface area contributed by atoms with Crippen molar-refractivity contribution in [3.63, 3.8) is 0 Å². The molecular formula is C27H22N2O3. The summed E-state index contributed by atoms with van der Waals surface area (Å²) in [4.78, 5) is 20.1. The molecule has 2 heterocycles. The summed E-state index contributed by atoms with van der Waals surface area (Å²) in [5.74, 6) is 1.23. The van der Waals surface area contributed by atoms with Gasteiger partial charge < -0.3 is 14.5 Å². The highest BCUT2D eigenvalue weighted by atomic mass is 16.5. The van der Waals surface area contributed by atoms with Crippen LogP contribution in [0, 0.1) is 0 Å². The molecule has 5 nitrogen and oxygen atoms in total. The molecule has 0 unspecified atom stereocenters. The average Bonchev–Trinajstić information content (AvgIpc) is 3.26. The fourth-order valence-electron chi connectivity index (χ4n) is 3.97. The number of rotatable bonds is 4. The van der Waals surface area contributed by atoms with Crippen molar-refractivity contribution in [2.24, 2.45) is 0 Å². The number of carbonyl (C=O) groups is 1. The Morgan fingerprint density at radius 3 is 2.72 bits per heavy atom. The zero-order chi connectivity index (χ0) is 21.9. The zero-order valence-electron chi connectivity index (χ0n) is 17.7. The van der Waals surface area contributed by atoms with E-state index in [1.165, 1.54) is 7.11 Å². The number of allylic oxidation sites excluding steroid dienone is 1. The van der Waals surface area contributed by atoms with Crippen LogP contribution >= 0.6 is 0 Å². The molecule has 3 aromatic carbocycles. The summed E-state index contributed by atoms with van der Waals surface area (Å²) in [5, 5.41) is 0. The Hall–Kier alpha value is -4.12. The molecule has 5 rings (SSSR count). The summed E-state index contributed by atoms with van der Waals surface area (Å²) in [6.45, 7) is 0.469. The number of hydrogen-bond donors (Lipinski definition) is 1. The van der Waals surface area contributed by atoms with Gasteiger partial charge in [0.2, 0.25) is 0 Å². The monoisotopic (exact) mass is 422 g/mol. The first-order chi connectivity index (χ1) is 15.7. The van der Waals surface area contributed by atoms with Crippen molar-refractivity contribution in [3.05, 3.63) is 113 Å². The van der Waals surface area contributed by atoms with Crippen molar-refractivity contribution in [1.29, 1.82) is 0 Å². The molecule has 0 saturated heterocycles. The van der Waals surface area contributed by atoms with E-state index in [0.29, 0.717) is 18.6 Å². The molecule has 4 aromatic rings. The standard InChI is InChI=1S/C27H22N2O3/c1-31-27(30)19-11-13-25-23(15-19)22(21-10-6-5-9-20(21)17-32-25)12-14-26-28-16-24(29-26)18-7-3-2-4-8-18/h2-13,15-16H,14,17H2,1H3,(H,28,29)/b22-12+. The molecule has 0 amide bonds. The van der Waals surface area contributed by atoms with Gasteiger partial charge in [0.05, 0.1) is 24.6 Å². The van der Waals surface area contributed by atoms with Gasteiger partial charge >= 0.3 is 5.97 Å². The highest BCUT2D eigenvalue weighted by Gasteiger charge is 2.21. The molecule has 0 saturated carbocycles. The molecule has 0 bridgehead atoms. The van der Waals surface area contributed by atoms with Gasteiger partial charge in [0.25, 0.3) is 0 Å². The Bertz CT molecular complexity index is 1310. The fraction of sp³-hybridized carbons (Fsp3) is 0.111. The van der Waals surface area contributed by atoms with Crippen LogP contribution in [0.1, 0.15) is 32.9 Å². The van der Waals surface area contributed by atoms with Gasteiger partial charge in [-0.15, -0.1) is 0 Å². The van der Waals surface area contributed by atoms with E-state index in [0.717, 1.165) is 45.1 Å². The lowest BCUT2D eigenvalue weighted by molar-refractivity contribution is 0.0600. The summed E-state index contributed by atoms with van der Waals surface area (Å²) < 4.78 is 11.0. The Morgan fingerprint density at radius 1 is 1.06 bits per heavy atom. The van der Waals surface area contributed by atoms with Crippen molar-refractivity contribution in [2.75, 3.05) is 7.11 Å². The molecule has 1 aliphatic heterocycles. The van der Waals surface area contributed by atoms with Crippen LogP contribution in [0.5, 0.6) is 5.75 Å². The van der Waals surface area contributed by atoms with Crippen LogP contribution in [0.4, 0.5) is 0 Å². The van der Waals surface area contributed by atoms with Crippen LogP contribution < -0.4 is 4.74 Å². The smallest absolute Gasteiger partial charge is 0.337 e. The molecule has 158 valence electrons. The first-order valence-corrected chi connectivity index (χ1v) is 10.5. The second kappa shape index (κ2) is 8.55. The maximum Gasteiger partial charge on any atom is 0.337 e. The van der Waals surface area contributed by atoms with E-state index in [-0.39, 0.29) is 5.97 Å². The van der Waals surface area contributed by atoms with E-state index in [1.807, 2.05) is 48.7 Å². The number of carbonyl (C=O) groups excluding carboxylic acids is 1. The average molecular weight is 422 g/mol. The molecule has 0 atom stereocenters.